The molecule has 0 radical (unpaired) electrons. The molecule has 0 fully saturated rings. The number of ether oxygens (including phenoxy) is 2. The Bertz CT molecular complexity index is 1700. The van der Waals surface area contributed by atoms with Crippen molar-refractivity contribution in [1.29, 1.82) is 0 Å². The lowest BCUT2D eigenvalue weighted by atomic mass is 9.95. The fourth-order valence-corrected chi connectivity index (χ4v) is 6.20. The van der Waals surface area contributed by atoms with E-state index in [1.807, 2.05) is 56.3 Å². The minimum Gasteiger partial charge on any atom is -0.503 e. The van der Waals surface area contributed by atoms with Gasteiger partial charge in [0.2, 0.25) is 0 Å². The van der Waals surface area contributed by atoms with Gasteiger partial charge in [0.05, 0.1) is 35.5 Å². The van der Waals surface area contributed by atoms with Crippen LogP contribution in [0.1, 0.15) is 48.6 Å². The van der Waals surface area contributed by atoms with Gasteiger partial charge in [-0.05, 0) is 72.7 Å². The third kappa shape index (κ3) is 5.81. The van der Waals surface area contributed by atoms with Gasteiger partial charge in [0, 0.05) is 0 Å². The van der Waals surface area contributed by atoms with Crippen molar-refractivity contribution in [3.63, 3.8) is 0 Å². The number of thiazole rings is 1. The maximum atomic E-state index is 13.7. The third-order valence-electron chi connectivity index (χ3n) is 7.18. The van der Waals surface area contributed by atoms with Crippen LogP contribution in [-0.2, 0) is 9.59 Å². The molecule has 1 aromatic heterocycles. The first-order valence-electron chi connectivity index (χ1n) is 13.9. The SMILES string of the molecule is COc1cc(C2C(C(=O)C=Cc3ccccc3)=C(O)C(=O)N2c2nc3c(C)cc(C)cc3s2)ccc1OCCC(C)C. The normalized spacial score (nSPS) is 15.4. The molecule has 0 bridgehead atoms. The number of nitrogens with zero attached hydrogens (tertiary/aromatic N) is 2. The van der Waals surface area contributed by atoms with Gasteiger partial charge in [-0.15, -0.1) is 0 Å². The molecule has 1 aliphatic heterocycles. The van der Waals surface area contributed by atoms with Crippen LogP contribution in [0.5, 0.6) is 11.5 Å². The van der Waals surface area contributed by atoms with Crippen molar-refractivity contribution in [2.75, 3.05) is 18.6 Å². The number of fused-ring (bicyclic) bond motifs is 1. The Morgan fingerprint density at radius 3 is 2.57 bits per heavy atom. The van der Waals surface area contributed by atoms with Crippen LogP contribution in [-0.4, -0.2) is 35.5 Å². The summed E-state index contributed by atoms with van der Waals surface area (Å²) in [5, 5.41) is 11.6. The van der Waals surface area contributed by atoms with Crippen molar-refractivity contribution in [1.82, 2.24) is 4.98 Å². The zero-order valence-electron chi connectivity index (χ0n) is 24.4. The van der Waals surface area contributed by atoms with E-state index in [0.717, 1.165) is 33.3 Å². The molecule has 2 heterocycles. The summed E-state index contributed by atoms with van der Waals surface area (Å²) in [4.78, 5) is 33.6. The predicted octanol–water partition coefficient (Wildman–Crippen LogP) is 7.53. The van der Waals surface area contributed by atoms with E-state index < -0.39 is 23.5 Å². The maximum absolute atomic E-state index is 13.7. The summed E-state index contributed by atoms with van der Waals surface area (Å²) in [5.41, 5.74) is 4.24. The van der Waals surface area contributed by atoms with Crippen molar-refractivity contribution in [3.05, 3.63) is 100 Å². The van der Waals surface area contributed by atoms with Crippen LogP contribution in [0.15, 0.2) is 78.1 Å². The van der Waals surface area contributed by atoms with Crippen molar-refractivity contribution < 1.29 is 24.2 Å². The van der Waals surface area contributed by atoms with Gasteiger partial charge in [0.15, 0.2) is 28.2 Å². The molecule has 1 amide bonds. The molecular formula is C34H34N2O5S. The van der Waals surface area contributed by atoms with E-state index in [2.05, 4.69) is 13.8 Å². The number of carbonyl (C=O) groups excluding carboxylic acids is 2. The molecule has 0 spiro atoms. The van der Waals surface area contributed by atoms with E-state index in [1.165, 1.54) is 22.3 Å². The number of amides is 1. The monoisotopic (exact) mass is 582 g/mol. The Balaban J connectivity index is 1.60. The number of allylic oxidation sites excluding steroid dienone is 1. The number of hydrogen-bond donors (Lipinski definition) is 1. The summed E-state index contributed by atoms with van der Waals surface area (Å²) in [7, 11) is 1.55. The Kier molecular flexibility index (Phi) is 8.45. The number of benzene rings is 3. The largest absolute Gasteiger partial charge is 0.503 e. The molecule has 1 atom stereocenters. The standard InChI is InChI=1S/C34H34N2O5S/c1-20(2)15-16-41-26-14-12-24(19-27(26)40-5)31-29(25(37)13-11-23-9-7-6-8-10-23)32(38)33(39)36(31)34-35-30-22(4)17-21(3)18-28(30)42-34/h6-14,17-20,31,38H,15-16H2,1-5H3. The number of aryl methyl sites for hydroxylation is 2. The Hall–Kier alpha value is -4.43. The fourth-order valence-electron chi connectivity index (χ4n) is 5.04. The van der Waals surface area contributed by atoms with Crippen LogP contribution in [0.3, 0.4) is 0 Å². The zero-order valence-corrected chi connectivity index (χ0v) is 25.2. The lowest BCUT2D eigenvalue weighted by Crippen LogP contribution is -2.30. The first kappa shape index (κ1) is 29.1. The van der Waals surface area contributed by atoms with Crippen molar-refractivity contribution >= 4 is 44.5 Å². The van der Waals surface area contributed by atoms with E-state index in [0.29, 0.717) is 34.7 Å². The number of aromatic nitrogens is 1. The number of carbonyl (C=O) groups is 2. The maximum Gasteiger partial charge on any atom is 0.296 e. The fraction of sp³-hybridized carbons (Fsp3) is 0.265. The van der Waals surface area contributed by atoms with Gasteiger partial charge >= 0.3 is 0 Å². The minimum absolute atomic E-state index is 0.0186. The van der Waals surface area contributed by atoms with Crippen LogP contribution < -0.4 is 14.4 Å². The summed E-state index contributed by atoms with van der Waals surface area (Å²) < 4.78 is 12.6. The molecule has 42 heavy (non-hydrogen) atoms. The molecule has 0 saturated carbocycles. The molecule has 0 saturated heterocycles. The summed E-state index contributed by atoms with van der Waals surface area (Å²) in [6.07, 6.45) is 3.94. The summed E-state index contributed by atoms with van der Waals surface area (Å²) in [5.74, 6) is -0.222. The minimum atomic E-state index is -0.925. The summed E-state index contributed by atoms with van der Waals surface area (Å²) >= 11 is 1.35. The van der Waals surface area contributed by atoms with E-state index in [-0.39, 0.29) is 5.57 Å². The second-order valence-corrected chi connectivity index (χ2v) is 11.8. The number of anilines is 1. The molecule has 8 heteroatoms. The van der Waals surface area contributed by atoms with Crippen molar-refractivity contribution in [2.45, 2.75) is 40.2 Å². The van der Waals surface area contributed by atoms with Crippen LogP contribution in [0.4, 0.5) is 5.13 Å². The molecule has 3 aromatic carbocycles. The molecule has 1 aliphatic rings. The number of aliphatic hydroxyl groups is 1. The molecule has 216 valence electrons. The number of hydrogen-bond acceptors (Lipinski definition) is 7. The molecule has 1 unspecified atom stereocenters. The lowest BCUT2D eigenvalue weighted by Gasteiger charge is -2.25. The zero-order chi connectivity index (χ0) is 30.0. The van der Waals surface area contributed by atoms with E-state index >= 15 is 0 Å². The molecule has 5 rings (SSSR count). The van der Waals surface area contributed by atoms with Gasteiger partial charge in [-0.1, -0.05) is 73.7 Å². The highest BCUT2D eigenvalue weighted by Gasteiger charge is 2.45. The Morgan fingerprint density at radius 2 is 1.86 bits per heavy atom. The molecule has 7 nitrogen and oxygen atoms in total. The van der Waals surface area contributed by atoms with Crippen molar-refractivity contribution in [3.8, 4) is 11.5 Å². The number of rotatable bonds is 10. The quantitative estimate of drug-likeness (QED) is 0.195. The second kappa shape index (κ2) is 12.2. The first-order valence-corrected chi connectivity index (χ1v) is 14.7. The van der Waals surface area contributed by atoms with E-state index in [1.54, 1.807) is 31.4 Å². The first-order chi connectivity index (χ1) is 20.2. The smallest absolute Gasteiger partial charge is 0.296 e. The van der Waals surface area contributed by atoms with Gasteiger partial charge in [0.1, 0.15) is 0 Å². The van der Waals surface area contributed by atoms with Gasteiger partial charge in [0.25, 0.3) is 5.91 Å². The molecule has 4 aromatic rings. The second-order valence-electron chi connectivity index (χ2n) is 10.8. The van der Waals surface area contributed by atoms with Crippen LogP contribution in [0.2, 0.25) is 0 Å². The lowest BCUT2D eigenvalue weighted by molar-refractivity contribution is -0.117. The number of aliphatic hydroxyl groups excluding tert-OH is 1. The molecule has 0 aliphatic carbocycles. The van der Waals surface area contributed by atoms with Gasteiger partial charge in [-0.2, -0.15) is 0 Å². The molecular weight excluding hydrogens is 548 g/mol. The highest BCUT2D eigenvalue weighted by atomic mass is 32.1. The highest BCUT2D eigenvalue weighted by molar-refractivity contribution is 7.22. The van der Waals surface area contributed by atoms with Crippen molar-refractivity contribution in [2.24, 2.45) is 5.92 Å². The van der Waals surface area contributed by atoms with E-state index in [4.69, 9.17) is 14.5 Å². The van der Waals surface area contributed by atoms with Gasteiger partial charge < -0.3 is 14.6 Å². The van der Waals surface area contributed by atoms with E-state index in [9.17, 15) is 14.7 Å². The average Bonchev–Trinajstić information content (AvgIpc) is 3.50. The topological polar surface area (TPSA) is 89.0 Å². The predicted molar refractivity (Wildman–Crippen MR) is 167 cm³/mol. The highest BCUT2D eigenvalue weighted by Crippen LogP contribution is 2.45. The van der Waals surface area contributed by atoms with Gasteiger partial charge in [-0.25, -0.2) is 4.98 Å². The number of ketones is 1. The Morgan fingerprint density at radius 1 is 1.10 bits per heavy atom. The van der Waals surface area contributed by atoms with Crippen LogP contribution in [0.25, 0.3) is 16.3 Å². The summed E-state index contributed by atoms with van der Waals surface area (Å²) in [6, 6.07) is 17.8. The third-order valence-corrected chi connectivity index (χ3v) is 8.18. The number of methoxy groups -OCH3 is 1. The Labute approximate surface area is 249 Å². The van der Waals surface area contributed by atoms with Gasteiger partial charge in [-0.3, -0.25) is 14.5 Å². The van der Waals surface area contributed by atoms with Crippen LogP contribution >= 0.6 is 11.3 Å². The molecule has 1 N–H and O–H groups in total. The summed E-state index contributed by atoms with van der Waals surface area (Å²) in [6.45, 7) is 8.77. The average molecular weight is 583 g/mol. The van der Waals surface area contributed by atoms with Crippen LogP contribution in [0, 0.1) is 19.8 Å².